The van der Waals surface area contributed by atoms with Crippen molar-refractivity contribution in [3.63, 3.8) is 0 Å². The van der Waals surface area contributed by atoms with E-state index in [4.69, 9.17) is 14.7 Å². The van der Waals surface area contributed by atoms with Gasteiger partial charge in [-0.2, -0.15) is 0 Å². The average molecular weight is 399 g/mol. The maximum Gasteiger partial charge on any atom is 0.254 e. The lowest BCUT2D eigenvalue weighted by Gasteiger charge is -2.39. The molecular formula is C16H25N5O7. The van der Waals surface area contributed by atoms with Gasteiger partial charge in [0.25, 0.3) is 6.29 Å². The van der Waals surface area contributed by atoms with Crippen molar-refractivity contribution in [2.24, 2.45) is 5.92 Å². The molecule has 0 aromatic carbocycles. The third-order valence-electron chi connectivity index (χ3n) is 4.61. The number of anilines is 1. The number of ether oxygens (including phenoxy) is 1. The van der Waals surface area contributed by atoms with E-state index >= 15 is 0 Å². The van der Waals surface area contributed by atoms with E-state index in [1.54, 1.807) is 0 Å². The molecule has 1 saturated heterocycles. The lowest BCUT2D eigenvalue weighted by atomic mass is 9.99. The van der Waals surface area contributed by atoms with Crippen LogP contribution in [0.3, 0.4) is 0 Å². The first-order valence-electron chi connectivity index (χ1n) is 8.96. The smallest absolute Gasteiger partial charge is 0.254 e. The number of nitrogens with one attached hydrogen (secondary N) is 1. The third-order valence-corrected chi connectivity index (χ3v) is 4.61. The number of hydrogen-bond acceptors (Lipinski definition) is 11. The Kier molecular flexibility index (Phi) is 6.59. The molecule has 3 heterocycles. The highest BCUT2D eigenvalue weighted by atomic mass is 16.8. The molecule has 2 aromatic rings. The minimum atomic E-state index is -1.55. The lowest BCUT2D eigenvalue weighted by Crippen LogP contribution is -2.61. The number of fused-ring (bicyclic) bond motifs is 1. The molecule has 0 saturated carbocycles. The van der Waals surface area contributed by atoms with Crippen molar-refractivity contribution in [2.45, 2.75) is 44.1 Å². The van der Waals surface area contributed by atoms with E-state index in [1.165, 1.54) is 12.7 Å². The van der Waals surface area contributed by atoms with Gasteiger partial charge in [-0.15, -0.1) is 4.73 Å². The minimum Gasteiger partial charge on any atom is -0.396 e. The summed E-state index contributed by atoms with van der Waals surface area (Å²) in [6.07, 6.45) is -3.65. The molecule has 12 heteroatoms. The van der Waals surface area contributed by atoms with Crippen molar-refractivity contribution in [1.82, 2.24) is 19.7 Å². The second-order valence-corrected chi connectivity index (χ2v) is 6.77. The third kappa shape index (κ3) is 4.16. The SMILES string of the molecule is C[C@H](CO)CCNc1ncnc2c1ncn2O[C@@H]1O[C@H](CO)[C@@H](O)[C@H](O)[C@H]1O. The zero-order valence-electron chi connectivity index (χ0n) is 15.3. The standard InChI is InChI=1S/C16H25N5O7/c1-8(4-22)2-3-17-14-10-15(19-6-18-14)21(7-20-10)28-16-13(26)12(25)11(24)9(5-23)27-16/h6-9,11-13,16,22-26H,2-5H2,1H3,(H,17,18,19)/t8-,9+,11+,12-,13+,16-/m0/s1. The van der Waals surface area contributed by atoms with Crippen LogP contribution in [0.5, 0.6) is 0 Å². The summed E-state index contributed by atoms with van der Waals surface area (Å²) in [4.78, 5) is 18.0. The largest absolute Gasteiger partial charge is 0.396 e. The zero-order chi connectivity index (χ0) is 20.3. The molecule has 0 spiro atoms. The molecule has 6 N–H and O–H groups in total. The fraction of sp³-hybridized carbons (Fsp3) is 0.688. The van der Waals surface area contributed by atoms with Gasteiger partial charge < -0.3 is 40.4 Å². The first-order valence-corrected chi connectivity index (χ1v) is 8.96. The predicted molar refractivity (Wildman–Crippen MR) is 95.0 cm³/mol. The van der Waals surface area contributed by atoms with Gasteiger partial charge in [-0.3, -0.25) is 0 Å². The summed E-state index contributed by atoms with van der Waals surface area (Å²) < 4.78 is 6.48. The van der Waals surface area contributed by atoms with Crippen molar-refractivity contribution >= 4 is 17.0 Å². The minimum absolute atomic E-state index is 0.0996. The van der Waals surface area contributed by atoms with Crippen LogP contribution < -0.4 is 10.2 Å². The molecule has 0 unspecified atom stereocenters. The lowest BCUT2D eigenvalue weighted by molar-refractivity contribution is -0.299. The Morgan fingerprint density at radius 2 is 1.96 bits per heavy atom. The van der Waals surface area contributed by atoms with Crippen LogP contribution in [0.15, 0.2) is 12.7 Å². The average Bonchev–Trinajstić information content (AvgIpc) is 3.12. The Balaban J connectivity index is 1.74. The molecule has 6 atom stereocenters. The first-order chi connectivity index (χ1) is 13.5. The number of aromatic nitrogens is 4. The zero-order valence-corrected chi connectivity index (χ0v) is 15.3. The summed E-state index contributed by atoms with van der Waals surface area (Å²) >= 11 is 0. The van der Waals surface area contributed by atoms with Crippen molar-refractivity contribution < 1.29 is 35.1 Å². The highest BCUT2D eigenvalue weighted by Gasteiger charge is 2.45. The second kappa shape index (κ2) is 8.94. The first kappa shape index (κ1) is 20.6. The van der Waals surface area contributed by atoms with Crippen molar-refractivity contribution in [1.29, 1.82) is 0 Å². The van der Waals surface area contributed by atoms with Crippen molar-refractivity contribution in [3.05, 3.63) is 12.7 Å². The predicted octanol–water partition coefficient (Wildman–Crippen LogP) is -2.51. The van der Waals surface area contributed by atoms with E-state index in [-0.39, 0.29) is 12.5 Å². The highest BCUT2D eigenvalue weighted by molar-refractivity contribution is 5.82. The summed E-state index contributed by atoms with van der Waals surface area (Å²) in [6.45, 7) is 2.05. The molecule has 0 bridgehead atoms. The van der Waals surface area contributed by atoms with Gasteiger partial charge >= 0.3 is 0 Å². The fourth-order valence-electron chi connectivity index (χ4n) is 2.82. The van der Waals surface area contributed by atoms with Crippen LogP contribution in [-0.2, 0) is 4.74 Å². The van der Waals surface area contributed by atoms with Crippen LogP contribution in [0.25, 0.3) is 11.2 Å². The molecular weight excluding hydrogens is 374 g/mol. The van der Waals surface area contributed by atoms with Gasteiger partial charge in [0.2, 0.25) is 5.65 Å². The molecule has 1 aliphatic heterocycles. The number of rotatable bonds is 8. The maximum absolute atomic E-state index is 10.1. The summed E-state index contributed by atoms with van der Waals surface area (Å²) in [7, 11) is 0. The van der Waals surface area contributed by atoms with E-state index in [0.29, 0.717) is 23.5 Å². The van der Waals surface area contributed by atoms with Crippen LogP contribution in [0, 0.1) is 5.92 Å². The quantitative estimate of drug-likeness (QED) is 0.276. The Bertz CT molecular complexity index is 773. The molecule has 0 radical (unpaired) electrons. The molecule has 12 nitrogen and oxygen atoms in total. The van der Waals surface area contributed by atoms with Gasteiger partial charge in [0.1, 0.15) is 37.1 Å². The van der Waals surface area contributed by atoms with E-state index < -0.39 is 37.3 Å². The van der Waals surface area contributed by atoms with Crippen LogP contribution >= 0.6 is 0 Å². The topological polar surface area (TPSA) is 175 Å². The van der Waals surface area contributed by atoms with Gasteiger partial charge in [0.05, 0.1) is 6.61 Å². The van der Waals surface area contributed by atoms with E-state index in [2.05, 4.69) is 20.3 Å². The summed E-state index contributed by atoms with van der Waals surface area (Å²) in [5.41, 5.74) is 0.716. The molecule has 0 aliphatic carbocycles. The summed E-state index contributed by atoms with van der Waals surface area (Å²) in [5, 5.41) is 51.3. The number of aliphatic hydroxyl groups excluding tert-OH is 5. The van der Waals surface area contributed by atoms with E-state index in [9.17, 15) is 20.4 Å². The molecule has 28 heavy (non-hydrogen) atoms. The molecule has 1 fully saturated rings. The Morgan fingerprint density at radius 3 is 2.68 bits per heavy atom. The van der Waals surface area contributed by atoms with Gasteiger partial charge in [0.15, 0.2) is 11.3 Å². The molecule has 156 valence electrons. The fourth-order valence-corrected chi connectivity index (χ4v) is 2.82. The normalized spacial score (nSPS) is 29.0. The summed E-state index contributed by atoms with van der Waals surface area (Å²) in [6, 6.07) is 0. The monoisotopic (exact) mass is 399 g/mol. The maximum atomic E-state index is 10.1. The van der Waals surface area contributed by atoms with Gasteiger partial charge in [0, 0.05) is 13.2 Å². The van der Waals surface area contributed by atoms with Gasteiger partial charge in [-0.05, 0) is 12.3 Å². The van der Waals surface area contributed by atoms with E-state index in [1.807, 2.05) is 6.92 Å². The van der Waals surface area contributed by atoms with E-state index in [0.717, 1.165) is 11.2 Å². The number of nitrogens with zero attached hydrogens (tertiary/aromatic N) is 4. The molecule has 3 rings (SSSR count). The molecule has 0 amide bonds. The Morgan fingerprint density at radius 1 is 1.18 bits per heavy atom. The number of imidazole rings is 1. The van der Waals surface area contributed by atoms with Crippen LogP contribution in [0.2, 0.25) is 0 Å². The molecule has 1 aliphatic rings. The Labute approximate surface area is 160 Å². The van der Waals surface area contributed by atoms with Crippen LogP contribution in [0.4, 0.5) is 5.82 Å². The molecule has 2 aromatic heterocycles. The van der Waals surface area contributed by atoms with Gasteiger partial charge in [-0.25, -0.2) is 15.0 Å². The van der Waals surface area contributed by atoms with Crippen molar-refractivity contribution in [2.75, 3.05) is 25.1 Å². The van der Waals surface area contributed by atoms with Crippen LogP contribution in [0.1, 0.15) is 13.3 Å². The summed E-state index contributed by atoms with van der Waals surface area (Å²) in [5.74, 6) is 0.628. The second-order valence-electron chi connectivity index (χ2n) is 6.77. The Hall–Kier alpha value is -2.09. The van der Waals surface area contributed by atoms with Gasteiger partial charge in [-0.1, -0.05) is 6.92 Å². The van der Waals surface area contributed by atoms with Crippen molar-refractivity contribution in [3.8, 4) is 0 Å². The number of hydrogen-bond donors (Lipinski definition) is 6. The number of aliphatic hydroxyl groups is 5. The van der Waals surface area contributed by atoms with Crippen LogP contribution in [-0.4, -0.2) is 95.7 Å². The highest BCUT2D eigenvalue weighted by Crippen LogP contribution is 2.22.